The molecule has 6 heteroatoms. The third-order valence-corrected chi connectivity index (χ3v) is 4.33. The zero-order valence-corrected chi connectivity index (χ0v) is 15.7. The van der Waals surface area contributed by atoms with E-state index < -0.39 is 5.56 Å². The molecular weight excluding hydrogens is 342 g/mol. The minimum atomic E-state index is -0.412. The number of nitrogens with one attached hydrogen (secondary N) is 1. The van der Waals surface area contributed by atoms with E-state index in [1.54, 1.807) is 13.3 Å². The van der Waals surface area contributed by atoms with E-state index in [1.165, 1.54) is 7.11 Å². The molecule has 140 valence electrons. The Balaban J connectivity index is 2.04. The van der Waals surface area contributed by atoms with Gasteiger partial charge in [-0.05, 0) is 24.1 Å². The highest BCUT2D eigenvalue weighted by Crippen LogP contribution is 2.29. The molecule has 6 nitrogen and oxygen atoms in total. The van der Waals surface area contributed by atoms with Crippen LogP contribution < -0.4 is 20.3 Å². The molecule has 0 saturated carbocycles. The molecule has 0 spiro atoms. The van der Waals surface area contributed by atoms with E-state index in [0.29, 0.717) is 12.5 Å². The normalized spacial score (nSPS) is 10.5. The first-order valence-corrected chi connectivity index (χ1v) is 8.78. The maximum Gasteiger partial charge on any atom is 0.316 e. The number of benzene rings is 2. The molecule has 1 heterocycles. The van der Waals surface area contributed by atoms with E-state index >= 15 is 0 Å². The largest absolute Gasteiger partial charge is 0.496 e. The van der Waals surface area contributed by atoms with Gasteiger partial charge in [0.05, 0.1) is 27.0 Å². The fourth-order valence-electron chi connectivity index (χ4n) is 2.97. The zero-order valence-electron chi connectivity index (χ0n) is 15.7. The predicted octanol–water partition coefficient (Wildman–Crippen LogP) is 3.61. The maximum atomic E-state index is 12.2. The van der Waals surface area contributed by atoms with Crippen LogP contribution in [0.1, 0.15) is 18.1 Å². The van der Waals surface area contributed by atoms with Crippen LogP contribution in [0.3, 0.4) is 0 Å². The van der Waals surface area contributed by atoms with E-state index in [-0.39, 0.29) is 5.75 Å². The van der Waals surface area contributed by atoms with Gasteiger partial charge in [0.2, 0.25) is 11.7 Å². The van der Waals surface area contributed by atoms with Crippen molar-refractivity contribution >= 4 is 11.6 Å². The van der Waals surface area contributed by atoms with Gasteiger partial charge in [-0.1, -0.05) is 43.3 Å². The minimum absolute atomic E-state index is 0.206. The molecule has 0 atom stereocenters. The highest BCUT2D eigenvalue weighted by atomic mass is 16.5. The zero-order chi connectivity index (χ0) is 19.2. The van der Waals surface area contributed by atoms with Crippen LogP contribution in [0, 0.1) is 0 Å². The molecule has 0 aliphatic rings. The molecule has 0 saturated heterocycles. The van der Waals surface area contributed by atoms with Crippen LogP contribution in [0.15, 0.2) is 59.5 Å². The Hall–Kier alpha value is -3.28. The summed E-state index contributed by atoms with van der Waals surface area (Å²) in [5.74, 6) is 1.46. The fraction of sp³-hybridized carbons (Fsp3) is 0.238. The molecule has 0 unspecified atom stereocenters. The van der Waals surface area contributed by atoms with Crippen LogP contribution in [0.4, 0.5) is 11.6 Å². The fourth-order valence-corrected chi connectivity index (χ4v) is 2.97. The van der Waals surface area contributed by atoms with Crippen LogP contribution in [0.2, 0.25) is 0 Å². The summed E-state index contributed by atoms with van der Waals surface area (Å²) in [6.45, 7) is 2.61. The molecule has 0 aliphatic carbocycles. The number of rotatable bonds is 7. The van der Waals surface area contributed by atoms with Crippen LogP contribution in [0.5, 0.6) is 11.5 Å². The molecule has 0 fully saturated rings. The second kappa shape index (κ2) is 8.40. The monoisotopic (exact) mass is 365 g/mol. The first-order chi connectivity index (χ1) is 13.2. The van der Waals surface area contributed by atoms with Crippen LogP contribution in [-0.2, 0) is 13.0 Å². The summed E-state index contributed by atoms with van der Waals surface area (Å²) in [6, 6.07) is 15.8. The molecule has 0 radical (unpaired) electrons. The van der Waals surface area contributed by atoms with Crippen LogP contribution in [0.25, 0.3) is 0 Å². The van der Waals surface area contributed by atoms with Gasteiger partial charge in [0.1, 0.15) is 5.75 Å². The van der Waals surface area contributed by atoms with Gasteiger partial charge >= 0.3 is 5.56 Å². The number of anilines is 2. The van der Waals surface area contributed by atoms with Crippen molar-refractivity contribution in [3.05, 3.63) is 76.2 Å². The van der Waals surface area contributed by atoms with Gasteiger partial charge in [-0.15, -0.1) is 0 Å². The lowest BCUT2D eigenvalue weighted by Gasteiger charge is -2.18. The van der Waals surface area contributed by atoms with Crippen LogP contribution >= 0.6 is 0 Å². The molecule has 0 aliphatic heterocycles. The maximum absolute atomic E-state index is 12.2. The molecule has 0 amide bonds. The molecule has 3 aromatic rings. The average molecular weight is 365 g/mol. The van der Waals surface area contributed by atoms with Crippen molar-refractivity contribution in [2.24, 2.45) is 0 Å². The number of hydrogen-bond donors (Lipinski definition) is 1. The van der Waals surface area contributed by atoms with E-state index in [1.807, 2.05) is 53.1 Å². The first-order valence-electron chi connectivity index (χ1n) is 8.78. The SMILES string of the molecule is CCc1c(Nc2nc(=O)c(OC)cn2Cc2ccccc2)cccc1OC. The second-order valence-corrected chi connectivity index (χ2v) is 6.02. The molecular formula is C21H23N3O3. The predicted molar refractivity (Wildman–Crippen MR) is 106 cm³/mol. The smallest absolute Gasteiger partial charge is 0.316 e. The van der Waals surface area contributed by atoms with Crippen molar-refractivity contribution < 1.29 is 9.47 Å². The lowest BCUT2D eigenvalue weighted by molar-refractivity contribution is 0.402. The summed E-state index contributed by atoms with van der Waals surface area (Å²) in [5, 5.41) is 3.30. The Bertz CT molecular complexity index is 968. The highest BCUT2D eigenvalue weighted by Gasteiger charge is 2.13. The highest BCUT2D eigenvalue weighted by molar-refractivity contribution is 5.63. The van der Waals surface area contributed by atoms with Crippen molar-refractivity contribution in [1.29, 1.82) is 0 Å². The Labute approximate surface area is 158 Å². The standard InChI is InChI=1S/C21H23N3O3/c1-4-16-17(11-8-12-18(16)26-2)22-21-23-20(25)19(27-3)14-24(21)13-15-9-6-5-7-10-15/h5-12,14H,4,13H2,1-3H3,(H,22,23,25). The van der Waals surface area contributed by atoms with E-state index in [0.717, 1.165) is 29.0 Å². The third-order valence-electron chi connectivity index (χ3n) is 4.33. The Morgan fingerprint density at radius 3 is 2.41 bits per heavy atom. The van der Waals surface area contributed by atoms with Gasteiger partial charge < -0.3 is 19.4 Å². The third kappa shape index (κ3) is 4.11. The van der Waals surface area contributed by atoms with Crippen molar-refractivity contribution in [1.82, 2.24) is 9.55 Å². The molecule has 1 N–H and O–H groups in total. The summed E-state index contributed by atoms with van der Waals surface area (Å²) < 4.78 is 12.5. The first kappa shape index (κ1) is 18.5. The number of aromatic nitrogens is 2. The summed E-state index contributed by atoms with van der Waals surface area (Å²) >= 11 is 0. The van der Waals surface area contributed by atoms with Crippen molar-refractivity contribution in [3.63, 3.8) is 0 Å². The van der Waals surface area contributed by atoms with Gasteiger partial charge in [0.25, 0.3) is 0 Å². The van der Waals surface area contributed by atoms with Crippen molar-refractivity contribution in [2.75, 3.05) is 19.5 Å². The van der Waals surface area contributed by atoms with Gasteiger partial charge in [-0.25, -0.2) is 0 Å². The van der Waals surface area contributed by atoms with Crippen molar-refractivity contribution in [2.45, 2.75) is 19.9 Å². The molecule has 27 heavy (non-hydrogen) atoms. The summed E-state index contributed by atoms with van der Waals surface area (Å²) in [7, 11) is 3.12. The van der Waals surface area contributed by atoms with E-state index in [9.17, 15) is 4.79 Å². The van der Waals surface area contributed by atoms with Gasteiger partial charge in [-0.2, -0.15) is 4.98 Å². The molecule has 3 rings (SSSR count). The Morgan fingerprint density at radius 2 is 1.74 bits per heavy atom. The lowest BCUT2D eigenvalue weighted by Crippen LogP contribution is -2.19. The topological polar surface area (TPSA) is 65.4 Å². The Kier molecular flexibility index (Phi) is 5.76. The van der Waals surface area contributed by atoms with E-state index in [4.69, 9.17) is 9.47 Å². The number of hydrogen-bond acceptors (Lipinski definition) is 5. The van der Waals surface area contributed by atoms with Gasteiger partial charge in [0, 0.05) is 11.3 Å². The van der Waals surface area contributed by atoms with Gasteiger partial charge in [-0.3, -0.25) is 4.79 Å². The molecule has 1 aromatic heterocycles. The van der Waals surface area contributed by atoms with Crippen molar-refractivity contribution in [3.8, 4) is 11.5 Å². The Morgan fingerprint density at radius 1 is 1.00 bits per heavy atom. The number of ether oxygens (including phenoxy) is 2. The second-order valence-electron chi connectivity index (χ2n) is 6.02. The lowest BCUT2D eigenvalue weighted by atomic mass is 10.1. The average Bonchev–Trinajstić information content (AvgIpc) is 2.70. The summed E-state index contributed by atoms with van der Waals surface area (Å²) in [6.07, 6.45) is 2.46. The molecule has 0 bridgehead atoms. The summed E-state index contributed by atoms with van der Waals surface area (Å²) in [5.41, 5.74) is 2.56. The van der Waals surface area contributed by atoms with Crippen LogP contribution in [-0.4, -0.2) is 23.8 Å². The van der Waals surface area contributed by atoms with E-state index in [2.05, 4.69) is 17.2 Å². The number of nitrogens with zero attached hydrogens (tertiary/aromatic N) is 2. The molecule has 2 aromatic carbocycles. The quantitative estimate of drug-likeness (QED) is 0.693. The number of methoxy groups -OCH3 is 2. The minimum Gasteiger partial charge on any atom is -0.496 e. The van der Waals surface area contributed by atoms with Gasteiger partial charge in [0.15, 0.2) is 0 Å². The summed E-state index contributed by atoms with van der Waals surface area (Å²) in [4.78, 5) is 16.4.